The summed E-state index contributed by atoms with van der Waals surface area (Å²) in [4.78, 5) is 16.3. The largest absolute Gasteiger partial charge is 0.468 e. The number of nitrogens with two attached hydrogens (primary N) is 1. The van der Waals surface area contributed by atoms with Gasteiger partial charge in [0.25, 0.3) is 0 Å². The molecule has 1 aliphatic heterocycles. The Bertz CT molecular complexity index is 383. The quantitative estimate of drug-likeness (QED) is 0.859. The molecular weight excluding hydrogens is 242 g/mol. The Morgan fingerprint density at radius 2 is 2.16 bits per heavy atom. The first-order chi connectivity index (χ1) is 9.19. The lowest BCUT2D eigenvalue weighted by atomic mass is 10.1. The number of hydrogen-bond donors (Lipinski definition) is 1. The molecule has 0 spiro atoms. The Morgan fingerprint density at radius 3 is 2.74 bits per heavy atom. The topological polar surface area (TPSA) is 62.7 Å². The summed E-state index contributed by atoms with van der Waals surface area (Å²) < 4.78 is 5.34. The highest BCUT2D eigenvalue weighted by Crippen LogP contribution is 2.11. The molecule has 1 unspecified atom stereocenters. The fourth-order valence-electron chi connectivity index (χ4n) is 2.29. The first-order valence-corrected chi connectivity index (χ1v) is 6.91. The lowest BCUT2D eigenvalue weighted by Crippen LogP contribution is -2.48. The monoisotopic (exact) mass is 265 g/mol. The molecule has 0 aliphatic carbocycles. The van der Waals surface area contributed by atoms with Crippen molar-refractivity contribution in [1.29, 1.82) is 0 Å². The number of furan rings is 1. The van der Waals surface area contributed by atoms with Crippen molar-refractivity contribution in [2.45, 2.75) is 19.9 Å². The van der Waals surface area contributed by atoms with E-state index in [9.17, 15) is 4.79 Å². The van der Waals surface area contributed by atoms with Crippen molar-refractivity contribution >= 4 is 5.91 Å². The van der Waals surface area contributed by atoms with Gasteiger partial charge in [0, 0.05) is 32.6 Å². The number of carbonyl (C=O) groups is 1. The number of hydrogen-bond acceptors (Lipinski definition) is 4. The maximum Gasteiger partial charge on any atom is 0.222 e. The van der Waals surface area contributed by atoms with Gasteiger partial charge in [0.15, 0.2) is 0 Å². The van der Waals surface area contributed by atoms with Crippen LogP contribution in [0.4, 0.5) is 0 Å². The third-order valence-electron chi connectivity index (χ3n) is 3.61. The fraction of sp³-hybridized carbons (Fsp3) is 0.643. The van der Waals surface area contributed by atoms with Gasteiger partial charge in [-0.1, -0.05) is 6.92 Å². The third-order valence-corrected chi connectivity index (χ3v) is 3.61. The smallest absolute Gasteiger partial charge is 0.222 e. The van der Waals surface area contributed by atoms with E-state index in [2.05, 4.69) is 4.90 Å². The van der Waals surface area contributed by atoms with Gasteiger partial charge in [-0.2, -0.15) is 0 Å². The van der Waals surface area contributed by atoms with Crippen LogP contribution in [0.25, 0.3) is 0 Å². The van der Waals surface area contributed by atoms with Gasteiger partial charge in [-0.25, -0.2) is 0 Å². The average molecular weight is 265 g/mol. The maximum absolute atomic E-state index is 12.0. The van der Waals surface area contributed by atoms with Crippen LogP contribution in [-0.2, 0) is 11.3 Å². The zero-order valence-corrected chi connectivity index (χ0v) is 11.5. The van der Waals surface area contributed by atoms with Crippen molar-refractivity contribution in [2.75, 3.05) is 32.7 Å². The van der Waals surface area contributed by atoms with E-state index >= 15 is 0 Å². The van der Waals surface area contributed by atoms with Gasteiger partial charge in [-0.3, -0.25) is 9.69 Å². The second-order valence-corrected chi connectivity index (χ2v) is 5.28. The summed E-state index contributed by atoms with van der Waals surface area (Å²) in [5.74, 6) is 1.49. The Kier molecular flexibility index (Phi) is 4.99. The van der Waals surface area contributed by atoms with E-state index in [0.29, 0.717) is 13.0 Å². The number of nitrogens with zero attached hydrogens (tertiary/aromatic N) is 2. The van der Waals surface area contributed by atoms with Crippen LogP contribution in [-0.4, -0.2) is 48.4 Å². The van der Waals surface area contributed by atoms with Crippen molar-refractivity contribution in [3.05, 3.63) is 24.2 Å². The van der Waals surface area contributed by atoms with Crippen LogP contribution in [0.2, 0.25) is 0 Å². The second kappa shape index (κ2) is 6.73. The van der Waals surface area contributed by atoms with E-state index < -0.39 is 0 Å². The van der Waals surface area contributed by atoms with Gasteiger partial charge < -0.3 is 15.1 Å². The predicted molar refractivity (Wildman–Crippen MR) is 73.4 cm³/mol. The minimum absolute atomic E-state index is 0.232. The molecule has 106 valence electrons. The summed E-state index contributed by atoms with van der Waals surface area (Å²) in [5.41, 5.74) is 5.56. The zero-order valence-electron chi connectivity index (χ0n) is 11.5. The first kappa shape index (κ1) is 14.1. The van der Waals surface area contributed by atoms with Crippen molar-refractivity contribution < 1.29 is 9.21 Å². The minimum Gasteiger partial charge on any atom is -0.468 e. The molecule has 2 N–H and O–H groups in total. The van der Waals surface area contributed by atoms with Crippen LogP contribution < -0.4 is 5.73 Å². The van der Waals surface area contributed by atoms with Crippen LogP contribution >= 0.6 is 0 Å². The van der Waals surface area contributed by atoms with Crippen LogP contribution in [0.1, 0.15) is 19.1 Å². The molecule has 0 bridgehead atoms. The SMILES string of the molecule is CC(CN)CC(=O)N1CCN(Cc2ccco2)CC1. The van der Waals surface area contributed by atoms with Gasteiger partial charge in [0.1, 0.15) is 5.76 Å². The van der Waals surface area contributed by atoms with E-state index in [0.717, 1.165) is 38.5 Å². The summed E-state index contributed by atoms with van der Waals surface area (Å²) in [6.45, 7) is 6.84. The normalized spacial score (nSPS) is 18.5. The van der Waals surface area contributed by atoms with Crippen molar-refractivity contribution in [3.63, 3.8) is 0 Å². The van der Waals surface area contributed by atoms with E-state index in [-0.39, 0.29) is 11.8 Å². The van der Waals surface area contributed by atoms with E-state index in [1.54, 1.807) is 6.26 Å². The molecule has 5 nitrogen and oxygen atoms in total. The van der Waals surface area contributed by atoms with Crippen LogP contribution in [0.5, 0.6) is 0 Å². The zero-order chi connectivity index (χ0) is 13.7. The van der Waals surface area contributed by atoms with E-state index in [1.807, 2.05) is 24.0 Å². The molecule has 2 heterocycles. The third kappa shape index (κ3) is 4.08. The molecular formula is C14H23N3O2. The first-order valence-electron chi connectivity index (χ1n) is 6.91. The molecule has 1 fully saturated rings. The summed E-state index contributed by atoms with van der Waals surface area (Å²) in [5, 5.41) is 0. The lowest BCUT2D eigenvalue weighted by molar-refractivity contribution is -0.133. The molecule has 0 radical (unpaired) electrons. The Balaban J connectivity index is 1.74. The molecule has 1 aromatic rings. The van der Waals surface area contributed by atoms with Gasteiger partial charge in [0.05, 0.1) is 12.8 Å². The molecule has 1 atom stereocenters. The molecule has 1 amide bonds. The Morgan fingerprint density at radius 1 is 1.42 bits per heavy atom. The van der Waals surface area contributed by atoms with Gasteiger partial charge in [-0.15, -0.1) is 0 Å². The average Bonchev–Trinajstić information content (AvgIpc) is 2.92. The van der Waals surface area contributed by atoms with E-state index in [1.165, 1.54) is 0 Å². The molecule has 5 heteroatoms. The Hall–Kier alpha value is -1.33. The van der Waals surface area contributed by atoms with E-state index in [4.69, 9.17) is 10.2 Å². The van der Waals surface area contributed by atoms with Crippen LogP contribution in [0.15, 0.2) is 22.8 Å². The molecule has 1 aromatic heterocycles. The Labute approximate surface area is 114 Å². The highest BCUT2D eigenvalue weighted by Gasteiger charge is 2.22. The summed E-state index contributed by atoms with van der Waals surface area (Å²) in [6, 6.07) is 3.89. The molecule has 0 aromatic carbocycles. The maximum atomic E-state index is 12.0. The molecule has 2 rings (SSSR count). The summed E-state index contributed by atoms with van der Waals surface area (Å²) >= 11 is 0. The van der Waals surface area contributed by atoms with Crippen molar-refractivity contribution in [3.8, 4) is 0 Å². The van der Waals surface area contributed by atoms with Gasteiger partial charge in [-0.05, 0) is 24.6 Å². The van der Waals surface area contributed by atoms with Gasteiger partial charge in [0.2, 0.25) is 5.91 Å². The lowest BCUT2D eigenvalue weighted by Gasteiger charge is -2.34. The second-order valence-electron chi connectivity index (χ2n) is 5.28. The highest BCUT2D eigenvalue weighted by molar-refractivity contribution is 5.76. The molecule has 1 saturated heterocycles. The van der Waals surface area contributed by atoms with Crippen LogP contribution in [0.3, 0.4) is 0 Å². The molecule has 1 aliphatic rings. The van der Waals surface area contributed by atoms with Gasteiger partial charge >= 0.3 is 0 Å². The molecule has 0 saturated carbocycles. The van der Waals surface area contributed by atoms with Crippen molar-refractivity contribution in [1.82, 2.24) is 9.80 Å². The highest BCUT2D eigenvalue weighted by atomic mass is 16.3. The van der Waals surface area contributed by atoms with Crippen molar-refractivity contribution in [2.24, 2.45) is 11.7 Å². The fourth-order valence-corrected chi connectivity index (χ4v) is 2.29. The molecule has 19 heavy (non-hydrogen) atoms. The summed E-state index contributed by atoms with van der Waals surface area (Å²) in [6.07, 6.45) is 2.26. The van der Waals surface area contributed by atoms with Crippen LogP contribution in [0, 0.1) is 5.92 Å². The number of piperazine rings is 1. The minimum atomic E-state index is 0.232. The number of amides is 1. The summed E-state index contributed by atoms with van der Waals surface area (Å²) in [7, 11) is 0. The number of rotatable bonds is 5. The number of carbonyl (C=O) groups excluding carboxylic acids is 1. The standard InChI is InChI=1S/C14H23N3O2/c1-12(10-15)9-14(18)17-6-4-16(5-7-17)11-13-3-2-8-19-13/h2-3,8,12H,4-7,9-11,15H2,1H3. The predicted octanol–water partition coefficient (Wildman–Crippen LogP) is 0.909.